The lowest BCUT2D eigenvalue weighted by atomic mass is 10.1. The summed E-state index contributed by atoms with van der Waals surface area (Å²) in [7, 11) is 1.63. The van der Waals surface area contributed by atoms with Crippen LogP contribution in [0, 0.1) is 0 Å². The van der Waals surface area contributed by atoms with Crippen LogP contribution in [0.2, 0.25) is 0 Å². The monoisotopic (exact) mass is 437 g/mol. The van der Waals surface area contributed by atoms with Crippen LogP contribution in [0.1, 0.15) is 18.9 Å². The van der Waals surface area contributed by atoms with Gasteiger partial charge in [-0.3, -0.25) is 4.79 Å². The number of carbonyl (C=O) groups excluding carboxylic acids is 1. The fourth-order valence-corrected chi connectivity index (χ4v) is 3.81. The first kappa shape index (κ1) is 21.6. The molecule has 10 heteroatoms. The molecule has 0 radical (unpaired) electrons. The zero-order valence-corrected chi connectivity index (χ0v) is 18.0. The van der Waals surface area contributed by atoms with Gasteiger partial charge in [0.05, 0.1) is 19.0 Å². The first-order valence-electron chi connectivity index (χ1n) is 10.5. The van der Waals surface area contributed by atoms with Crippen molar-refractivity contribution in [3.05, 3.63) is 43.2 Å². The van der Waals surface area contributed by atoms with Gasteiger partial charge in [-0.1, -0.05) is 12.6 Å². The summed E-state index contributed by atoms with van der Waals surface area (Å²) in [5.74, 6) is 1.29. The molecular weight excluding hydrogens is 410 g/mol. The maximum absolute atomic E-state index is 12.1. The number of hydrogen-bond acceptors (Lipinski definition) is 8. The summed E-state index contributed by atoms with van der Waals surface area (Å²) in [5, 5.41) is 3.19. The first-order chi connectivity index (χ1) is 15.6. The number of ether oxygens (including phenoxy) is 2. The van der Waals surface area contributed by atoms with Crippen LogP contribution in [0.3, 0.4) is 0 Å². The molecule has 0 unspecified atom stereocenters. The first-order valence-corrected chi connectivity index (χ1v) is 10.5. The molecule has 0 aliphatic carbocycles. The van der Waals surface area contributed by atoms with E-state index in [0.717, 1.165) is 25.1 Å². The van der Waals surface area contributed by atoms with E-state index in [1.165, 1.54) is 6.08 Å². The highest BCUT2D eigenvalue weighted by atomic mass is 16.5. The van der Waals surface area contributed by atoms with Crippen LogP contribution in [0.15, 0.2) is 43.2 Å². The number of fused-ring (bicyclic) bond motifs is 1. The Morgan fingerprint density at radius 1 is 1.38 bits per heavy atom. The SMILES string of the molecule is C=CC(=O)N1CCC[C@H](n2cnc3c(N)nc(Nc4cccc(OCCOC)c4)nc32)C1. The lowest BCUT2D eigenvalue weighted by Crippen LogP contribution is -2.39. The predicted octanol–water partition coefficient (Wildman–Crippen LogP) is 2.53. The van der Waals surface area contributed by atoms with Crippen molar-refractivity contribution in [1.29, 1.82) is 0 Å². The summed E-state index contributed by atoms with van der Waals surface area (Å²) in [5.41, 5.74) is 8.12. The highest BCUT2D eigenvalue weighted by Crippen LogP contribution is 2.28. The van der Waals surface area contributed by atoms with Crippen LogP contribution >= 0.6 is 0 Å². The van der Waals surface area contributed by atoms with Crippen molar-refractivity contribution < 1.29 is 14.3 Å². The molecule has 1 aliphatic heterocycles. The van der Waals surface area contributed by atoms with Crippen LogP contribution in [-0.4, -0.2) is 63.7 Å². The molecule has 4 rings (SSSR count). The predicted molar refractivity (Wildman–Crippen MR) is 122 cm³/mol. The van der Waals surface area contributed by atoms with Gasteiger partial charge < -0.3 is 30.0 Å². The minimum atomic E-state index is -0.0665. The van der Waals surface area contributed by atoms with E-state index in [4.69, 9.17) is 15.2 Å². The van der Waals surface area contributed by atoms with E-state index in [1.807, 2.05) is 28.8 Å². The zero-order valence-electron chi connectivity index (χ0n) is 18.0. The van der Waals surface area contributed by atoms with Gasteiger partial charge in [0.2, 0.25) is 11.9 Å². The number of likely N-dealkylation sites (tertiary alicyclic amines) is 1. The fraction of sp³-hybridized carbons (Fsp3) is 0.364. The van der Waals surface area contributed by atoms with E-state index in [0.29, 0.717) is 48.4 Å². The minimum Gasteiger partial charge on any atom is -0.491 e. The molecule has 1 amide bonds. The average molecular weight is 438 g/mol. The Labute approximate surface area is 186 Å². The standard InChI is InChI=1S/C22H27N7O3/c1-3-18(30)28-9-5-7-16(13-28)29-14-24-19-20(23)26-22(27-21(19)29)25-15-6-4-8-17(12-15)32-11-10-31-2/h3-4,6,8,12,14,16H,1,5,7,9-11,13H2,2H3,(H3,23,25,26,27)/t16-/m0/s1. The highest BCUT2D eigenvalue weighted by molar-refractivity contribution is 5.87. The normalized spacial score (nSPS) is 16.2. The third-order valence-corrected chi connectivity index (χ3v) is 5.37. The zero-order chi connectivity index (χ0) is 22.5. The topological polar surface area (TPSA) is 120 Å². The molecule has 1 saturated heterocycles. The number of nitrogens with two attached hydrogens (primary N) is 1. The van der Waals surface area contributed by atoms with Crippen molar-refractivity contribution >= 4 is 34.5 Å². The molecule has 2 aromatic heterocycles. The lowest BCUT2D eigenvalue weighted by molar-refractivity contribution is -0.127. The Balaban J connectivity index is 1.58. The molecule has 1 aliphatic rings. The maximum Gasteiger partial charge on any atom is 0.246 e. The molecule has 32 heavy (non-hydrogen) atoms. The second kappa shape index (κ2) is 9.65. The molecule has 10 nitrogen and oxygen atoms in total. The smallest absolute Gasteiger partial charge is 0.246 e. The Bertz CT molecular complexity index is 1110. The van der Waals surface area contributed by atoms with Gasteiger partial charge in [-0.2, -0.15) is 9.97 Å². The van der Waals surface area contributed by atoms with Crippen molar-refractivity contribution in [2.45, 2.75) is 18.9 Å². The summed E-state index contributed by atoms with van der Waals surface area (Å²) in [6, 6.07) is 7.55. The van der Waals surface area contributed by atoms with Crippen molar-refractivity contribution in [2.24, 2.45) is 0 Å². The molecule has 3 heterocycles. The van der Waals surface area contributed by atoms with Gasteiger partial charge in [0.15, 0.2) is 11.5 Å². The second-order valence-corrected chi connectivity index (χ2v) is 7.54. The highest BCUT2D eigenvalue weighted by Gasteiger charge is 2.25. The van der Waals surface area contributed by atoms with Crippen LogP contribution in [-0.2, 0) is 9.53 Å². The third kappa shape index (κ3) is 4.65. The Kier molecular flexibility index (Phi) is 6.50. The number of nitrogens with one attached hydrogen (secondary N) is 1. The second-order valence-electron chi connectivity index (χ2n) is 7.54. The molecule has 0 saturated carbocycles. The van der Waals surface area contributed by atoms with Crippen LogP contribution < -0.4 is 15.8 Å². The van der Waals surface area contributed by atoms with E-state index < -0.39 is 0 Å². The fourth-order valence-electron chi connectivity index (χ4n) is 3.81. The van der Waals surface area contributed by atoms with Gasteiger partial charge in [-0.05, 0) is 31.1 Å². The summed E-state index contributed by atoms with van der Waals surface area (Å²) < 4.78 is 12.7. The number of imidazole rings is 1. The van der Waals surface area contributed by atoms with Gasteiger partial charge >= 0.3 is 0 Å². The third-order valence-electron chi connectivity index (χ3n) is 5.37. The van der Waals surface area contributed by atoms with Crippen LogP contribution in [0.25, 0.3) is 11.2 Å². The molecule has 3 N–H and O–H groups in total. The molecule has 3 aromatic rings. The summed E-state index contributed by atoms with van der Waals surface area (Å²) in [6.07, 6.45) is 4.88. The number of rotatable bonds is 8. The van der Waals surface area contributed by atoms with Crippen molar-refractivity contribution in [2.75, 3.05) is 44.5 Å². The number of nitrogen functional groups attached to an aromatic ring is 1. The van der Waals surface area contributed by atoms with E-state index in [9.17, 15) is 4.79 Å². The Hall–Kier alpha value is -3.66. The number of hydrogen-bond donors (Lipinski definition) is 2. The number of benzene rings is 1. The molecule has 1 atom stereocenters. The van der Waals surface area contributed by atoms with Gasteiger partial charge in [0.1, 0.15) is 17.9 Å². The van der Waals surface area contributed by atoms with Crippen molar-refractivity contribution in [1.82, 2.24) is 24.4 Å². The molecule has 1 aromatic carbocycles. The quantitative estimate of drug-likeness (QED) is 0.407. The number of amides is 1. The van der Waals surface area contributed by atoms with Crippen LogP contribution in [0.5, 0.6) is 5.75 Å². The number of piperidine rings is 1. The van der Waals surface area contributed by atoms with Crippen molar-refractivity contribution in [3.8, 4) is 5.75 Å². The molecule has 0 spiro atoms. The average Bonchev–Trinajstić information content (AvgIpc) is 3.24. The lowest BCUT2D eigenvalue weighted by Gasteiger charge is -2.32. The van der Waals surface area contributed by atoms with E-state index >= 15 is 0 Å². The van der Waals surface area contributed by atoms with Crippen molar-refractivity contribution in [3.63, 3.8) is 0 Å². The molecular formula is C22H27N7O3. The van der Waals surface area contributed by atoms with E-state index in [2.05, 4.69) is 26.8 Å². The van der Waals surface area contributed by atoms with Gasteiger partial charge in [-0.15, -0.1) is 0 Å². The Morgan fingerprint density at radius 3 is 3.06 bits per heavy atom. The molecule has 1 fully saturated rings. The van der Waals surface area contributed by atoms with Gasteiger partial charge in [0, 0.05) is 32.0 Å². The summed E-state index contributed by atoms with van der Waals surface area (Å²) in [4.78, 5) is 27.3. The summed E-state index contributed by atoms with van der Waals surface area (Å²) in [6.45, 7) is 5.86. The number of anilines is 3. The molecule has 0 bridgehead atoms. The number of aromatic nitrogens is 4. The molecule has 168 valence electrons. The number of methoxy groups -OCH3 is 1. The Morgan fingerprint density at radius 2 is 2.25 bits per heavy atom. The largest absolute Gasteiger partial charge is 0.491 e. The maximum atomic E-state index is 12.1. The van der Waals surface area contributed by atoms with Gasteiger partial charge in [0.25, 0.3) is 0 Å². The van der Waals surface area contributed by atoms with E-state index in [-0.39, 0.29) is 11.9 Å². The van der Waals surface area contributed by atoms with E-state index in [1.54, 1.807) is 18.3 Å². The van der Waals surface area contributed by atoms with Gasteiger partial charge in [-0.25, -0.2) is 4.98 Å². The van der Waals surface area contributed by atoms with Crippen LogP contribution in [0.4, 0.5) is 17.5 Å². The minimum absolute atomic E-state index is 0.0531. The number of nitrogens with zero attached hydrogens (tertiary/aromatic N) is 5. The number of carbonyl (C=O) groups is 1. The summed E-state index contributed by atoms with van der Waals surface area (Å²) >= 11 is 0.